The van der Waals surface area contributed by atoms with Gasteiger partial charge in [0.2, 0.25) is 0 Å². The normalized spacial score (nSPS) is 10.8. The molecule has 3 aromatic heterocycles. The number of nitrogens with zero attached hydrogens (tertiary/aromatic N) is 6. The quantitative estimate of drug-likeness (QED) is 0.644. The Bertz CT molecular complexity index is 758. The lowest BCUT2D eigenvalue weighted by Crippen LogP contribution is -2.07. The van der Waals surface area contributed by atoms with E-state index in [1.165, 1.54) is 13.3 Å². The van der Waals surface area contributed by atoms with E-state index in [0.29, 0.717) is 23.6 Å². The van der Waals surface area contributed by atoms with E-state index in [-0.39, 0.29) is 5.69 Å². The first-order valence-electron chi connectivity index (χ1n) is 6.09. The van der Waals surface area contributed by atoms with Crippen molar-refractivity contribution in [3.63, 3.8) is 0 Å². The molecular formula is C12H12N6O3. The van der Waals surface area contributed by atoms with Crippen LogP contribution in [0, 0.1) is 0 Å². The average molecular weight is 288 g/mol. The maximum absolute atomic E-state index is 11.8. The molecule has 0 N–H and O–H groups in total. The number of aromatic nitrogens is 6. The van der Waals surface area contributed by atoms with Gasteiger partial charge in [0.25, 0.3) is 0 Å². The van der Waals surface area contributed by atoms with Gasteiger partial charge in [0.1, 0.15) is 12.2 Å². The molecule has 0 aliphatic carbocycles. The highest BCUT2D eigenvalue weighted by molar-refractivity contribution is 5.93. The van der Waals surface area contributed by atoms with Gasteiger partial charge in [-0.1, -0.05) is 10.4 Å². The van der Waals surface area contributed by atoms with Crippen molar-refractivity contribution in [2.45, 2.75) is 6.54 Å². The maximum atomic E-state index is 11.8. The molecule has 0 unspecified atom stereocenters. The molecule has 9 nitrogen and oxygen atoms in total. The molecule has 0 radical (unpaired) electrons. The fourth-order valence-electron chi connectivity index (χ4n) is 1.96. The molecule has 0 aliphatic rings. The number of carbonyl (C=O) groups is 1. The van der Waals surface area contributed by atoms with Gasteiger partial charge >= 0.3 is 5.97 Å². The van der Waals surface area contributed by atoms with Gasteiger partial charge < -0.3 is 9.26 Å². The van der Waals surface area contributed by atoms with Crippen LogP contribution in [0.3, 0.4) is 0 Å². The van der Waals surface area contributed by atoms with Crippen LogP contribution < -0.4 is 0 Å². The molecule has 0 aliphatic heterocycles. The van der Waals surface area contributed by atoms with Gasteiger partial charge in [0, 0.05) is 24.9 Å². The molecule has 0 spiro atoms. The Balaban J connectivity index is 2.07. The molecule has 0 bridgehead atoms. The van der Waals surface area contributed by atoms with Crippen LogP contribution in [-0.2, 0) is 18.3 Å². The molecule has 0 fully saturated rings. The molecule has 0 saturated carbocycles. The van der Waals surface area contributed by atoms with Crippen LogP contribution in [0.25, 0.3) is 11.3 Å². The number of carbonyl (C=O) groups excluding carboxylic acids is 1. The molecule has 21 heavy (non-hydrogen) atoms. The summed E-state index contributed by atoms with van der Waals surface area (Å²) < 4.78 is 13.0. The summed E-state index contributed by atoms with van der Waals surface area (Å²) in [4.78, 5) is 11.8. The summed E-state index contributed by atoms with van der Waals surface area (Å²) in [6, 6.07) is 1.71. The topological polar surface area (TPSA) is 101 Å². The minimum atomic E-state index is -0.558. The second kappa shape index (κ2) is 5.19. The SMILES string of the molecule is COC(=O)c1nnn(Cc2ccno2)c1-c1cnn(C)c1. The van der Waals surface area contributed by atoms with Crippen molar-refractivity contribution in [1.29, 1.82) is 0 Å². The van der Waals surface area contributed by atoms with Crippen LogP contribution in [0.1, 0.15) is 16.2 Å². The van der Waals surface area contributed by atoms with Crippen LogP contribution >= 0.6 is 0 Å². The van der Waals surface area contributed by atoms with Crippen molar-refractivity contribution < 1.29 is 14.1 Å². The first-order chi connectivity index (χ1) is 10.2. The fourth-order valence-corrected chi connectivity index (χ4v) is 1.96. The zero-order valence-electron chi connectivity index (χ0n) is 11.4. The summed E-state index contributed by atoms with van der Waals surface area (Å²) in [6.07, 6.45) is 4.93. The van der Waals surface area contributed by atoms with E-state index >= 15 is 0 Å². The van der Waals surface area contributed by atoms with Gasteiger partial charge in [0.15, 0.2) is 11.5 Å². The number of rotatable bonds is 4. The zero-order chi connectivity index (χ0) is 14.8. The standard InChI is InChI=1S/C12H12N6O3/c1-17-6-8(5-13-17)11-10(12(19)20-2)15-16-18(11)7-9-3-4-14-21-9/h3-6H,7H2,1-2H3. The van der Waals surface area contributed by atoms with Crippen LogP contribution in [0.4, 0.5) is 0 Å². The Morgan fingerprint density at radius 2 is 2.33 bits per heavy atom. The van der Waals surface area contributed by atoms with Gasteiger partial charge in [-0.25, -0.2) is 9.48 Å². The Labute approximate surface area is 119 Å². The summed E-state index contributed by atoms with van der Waals surface area (Å²) in [6.45, 7) is 0.300. The molecule has 0 amide bonds. The monoisotopic (exact) mass is 288 g/mol. The van der Waals surface area contributed by atoms with Gasteiger partial charge in [0.05, 0.1) is 19.5 Å². The van der Waals surface area contributed by atoms with Gasteiger partial charge in [-0.2, -0.15) is 5.10 Å². The largest absolute Gasteiger partial charge is 0.464 e. The zero-order valence-corrected chi connectivity index (χ0v) is 11.4. The number of aryl methyl sites for hydroxylation is 1. The highest BCUT2D eigenvalue weighted by Gasteiger charge is 2.23. The van der Waals surface area contributed by atoms with E-state index in [0.717, 1.165) is 0 Å². The summed E-state index contributed by atoms with van der Waals surface area (Å²) in [5, 5.41) is 15.6. The average Bonchev–Trinajstić information content (AvgIpc) is 3.19. The summed E-state index contributed by atoms with van der Waals surface area (Å²) in [5.41, 5.74) is 1.36. The van der Waals surface area contributed by atoms with Crippen LogP contribution in [-0.4, -0.2) is 43.0 Å². The van der Waals surface area contributed by atoms with E-state index in [1.54, 1.807) is 34.9 Å². The molecule has 108 valence electrons. The highest BCUT2D eigenvalue weighted by Crippen LogP contribution is 2.23. The van der Waals surface area contributed by atoms with Crippen molar-refractivity contribution in [2.75, 3.05) is 7.11 Å². The van der Waals surface area contributed by atoms with Crippen molar-refractivity contribution >= 4 is 5.97 Å². The Morgan fingerprint density at radius 3 is 2.95 bits per heavy atom. The van der Waals surface area contributed by atoms with Gasteiger partial charge in [-0.15, -0.1) is 5.10 Å². The smallest absolute Gasteiger partial charge is 0.360 e. The number of hydrogen-bond donors (Lipinski definition) is 0. The van der Waals surface area contributed by atoms with Crippen molar-refractivity contribution in [3.05, 3.63) is 36.1 Å². The molecule has 3 rings (SSSR count). The van der Waals surface area contributed by atoms with Crippen molar-refractivity contribution in [1.82, 2.24) is 29.9 Å². The number of hydrogen-bond acceptors (Lipinski definition) is 7. The number of esters is 1. The van der Waals surface area contributed by atoms with E-state index in [2.05, 4.69) is 20.6 Å². The van der Waals surface area contributed by atoms with E-state index in [4.69, 9.17) is 9.26 Å². The van der Waals surface area contributed by atoms with Crippen LogP contribution in [0.15, 0.2) is 29.2 Å². The second-order valence-electron chi connectivity index (χ2n) is 4.32. The van der Waals surface area contributed by atoms with E-state index < -0.39 is 5.97 Å². The predicted molar refractivity (Wildman–Crippen MR) is 69.2 cm³/mol. The minimum Gasteiger partial charge on any atom is -0.464 e. The Kier molecular flexibility index (Phi) is 3.22. The van der Waals surface area contributed by atoms with E-state index in [9.17, 15) is 4.79 Å². The Morgan fingerprint density at radius 1 is 1.48 bits per heavy atom. The number of ether oxygens (including phenoxy) is 1. The van der Waals surface area contributed by atoms with Crippen LogP contribution in [0.2, 0.25) is 0 Å². The van der Waals surface area contributed by atoms with Gasteiger partial charge in [-0.05, 0) is 0 Å². The summed E-state index contributed by atoms with van der Waals surface area (Å²) >= 11 is 0. The Hall–Kier alpha value is -2.97. The second-order valence-corrected chi connectivity index (χ2v) is 4.32. The minimum absolute atomic E-state index is 0.130. The summed E-state index contributed by atoms with van der Waals surface area (Å²) in [5.74, 6) is 0.0409. The van der Waals surface area contributed by atoms with Crippen molar-refractivity contribution in [3.8, 4) is 11.3 Å². The lowest BCUT2D eigenvalue weighted by Gasteiger charge is -2.03. The van der Waals surface area contributed by atoms with Gasteiger partial charge in [-0.3, -0.25) is 4.68 Å². The van der Waals surface area contributed by atoms with E-state index in [1.807, 2.05) is 0 Å². The predicted octanol–water partition coefficient (Wildman–Crippen LogP) is 0.501. The maximum Gasteiger partial charge on any atom is 0.360 e. The first kappa shape index (κ1) is 13.0. The third-order valence-corrected chi connectivity index (χ3v) is 2.89. The fraction of sp³-hybridized carbons (Fsp3) is 0.250. The number of methoxy groups -OCH3 is 1. The van der Waals surface area contributed by atoms with Crippen molar-refractivity contribution in [2.24, 2.45) is 7.05 Å². The third-order valence-electron chi connectivity index (χ3n) is 2.89. The molecule has 0 saturated heterocycles. The summed E-state index contributed by atoms with van der Waals surface area (Å²) in [7, 11) is 3.08. The van der Waals surface area contributed by atoms with Crippen LogP contribution in [0.5, 0.6) is 0 Å². The highest BCUT2D eigenvalue weighted by atomic mass is 16.5. The first-order valence-corrected chi connectivity index (χ1v) is 6.09. The lowest BCUT2D eigenvalue weighted by atomic mass is 10.2. The molecule has 9 heteroatoms. The molecule has 3 aromatic rings. The third kappa shape index (κ3) is 2.40. The lowest BCUT2D eigenvalue weighted by molar-refractivity contribution is 0.0595. The molecule has 0 aromatic carbocycles. The molecule has 3 heterocycles. The molecule has 0 atom stereocenters. The molecular weight excluding hydrogens is 276 g/mol.